The van der Waals surface area contributed by atoms with E-state index in [2.05, 4.69) is 35.2 Å². The first-order valence-electron chi connectivity index (χ1n) is 8.72. The highest BCUT2D eigenvalue weighted by molar-refractivity contribution is 5.88. The van der Waals surface area contributed by atoms with Crippen LogP contribution in [0.3, 0.4) is 0 Å². The molecule has 1 unspecified atom stereocenters. The molecule has 2 aromatic rings. The highest BCUT2D eigenvalue weighted by Gasteiger charge is 2.20. The van der Waals surface area contributed by atoms with E-state index >= 15 is 0 Å². The molecule has 23 heavy (non-hydrogen) atoms. The Hall–Kier alpha value is -1.58. The van der Waals surface area contributed by atoms with Crippen LogP contribution in [0.4, 0.5) is 0 Å². The lowest BCUT2D eigenvalue weighted by molar-refractivity contribution is 0.199. The maximum atomic E-state index is 10.0. The number of hydrogen-bond acceptors (Lipinski definition) is 3. The van der Waals surface area contributed by atoms with Crippen LogP contribution in [0.15, 0.2) is 36.4 Å². The minimum Gasteiger partial charge on any atom is -0.496 e. The predicted octanol–water partition coefficient (Wildman–Crippen LogP) is 3.80. The molecule has 1 saturated heterocycles. The van der Waals surface area contributed by atoms with Gasteiger partial charge in [-0.05, 0) is 55.7 Å². The first kappa shape index (κ1) is 16.3. The van der Waals surface area contributed by atoms with Crippen LogP contribution in [0.2, 0.25) is 0 Å². The van der Waals surface area contributed by atoms with E-state index in [4.69, 9.17) is 4.74 Å². The Balaban J connectivity index is 1.85. The van der Waals surface area contributed by atoms with E-state index in [1.807, 2.05) is 6.07 Å². The normalized spacial score (nSPS) is 17.3. The molecule has 1 heterocycles. The van der Waals surface area contributed by atoms with Crippen molar-refractivity contribution >= 4 is 10.8 Å². The summed E-state index contributed by atoms with van der Waals surface area (Å²) < 4.78 is 5.60. The molecule has 1 aliphatic heterocycles. The highest BCUT2D eigenvalue weighted by atomic mass is 16.5. The summed E-state index contributed by atoms with van der Waals surface area (Å²) >= 11 is 0. The highest BCUT2D eigenvalue weighted by Crippen LogP contribution is 2.35. The van der Waals surface area contributed by atoms with E-state index in [1.165, 1.54) is 43.1 Å². The quantitative estimate of drug-likeness (QED) is 0.880. The first-order valence-corrected chi connectivity index (χ1v) is 8.72. The van der Waals surface area contributed by atoms with E-state index in [0.717, 1.165) is 24.3 Å². The van der Waals surface area contributed by atoms with Crippen molar-refractivity contribution < 1.29 is 9.84 Å². The van der Waals surface area contributed by atoms with Crippen molar-refractivity contribution in [1.82, 2.24) is 4.90 Å². The molecule has 0 spiro atoms. The summed E-state index contributed by atoms with van der Waals surface area (Å²) in [5.41, 5.74) is 1.16. The van der Waals surface area contributed by atoms with Gasteiger partial charge in [0.1, 0.15) is 5.75 Å². The number of aliphatic hydroxyl groups excluding tert-OH is 1. The van der Waals surface area contributed by atoms with Crippen molar-refractivity contribution in [1.29, 1.82) is 0 Å². The summed E-state index contributed by atoms with van der Waals surface area (Å²) in [6.07, 6.45) is 4.95. The van der Waals surface area contributed by atoms with Gasteiger partial charge in [-0.2, -0.15) is 0 Å². The van der Waals surface area contributed by atoms with E-state index in [1.54, 1.807) is 7.11 Å². The average Bonchev–Trinajstić information content (AvgIpc) is 2.63. The smallest absolute Gasteiger partial charge is 0.123 e. The second-order valence-electron chi connectivity index (χ2n) is 6.47. The Labute approximate surface area is 138 Å². The van der Waals surface area contributed by atoms with E-state index in [0.29, 0.717) is 0 Å². The molecule has 0 aliphatic carbocycles. The first-order chi connectivity index (χ1) is 11.3. The zero-order valence-electron chi connectivity index (χ0n) is 14.0. The topological polar surface area (TPSA) is 32.7 Å². The monoisotopic (exact) mass is 313 g/mol. The number of benzene rings is 2. The third kappa shape index (κ3) is 3.67. The molecule has 3 nitrogen and oxygen atoms in total. The third-order valence-electron chi connectivity index (χ3n) is 5.02. The van der Waals surface area contributed by atoms with Gasteiger partial charge in [-0.15, -0.1) is 0 Å². The molecule has 0 saturated carbocycles. The Kier molecular flexibility index (Phi) is 5.52. The van der Waals surface area contributed by atoms with Crippen LogP contribution in [-0.4, -0.2) is 43.4 Å². The van der Waals surface area contributed by atoms with Crippen molar-refractivity contribution in [3.05, 3.63) is 42.0 Å². The minimum absolute atomic E-state index is 0.123. The number of hydrogen-bond donors (Lipinski definition) is 1. The zero-order chi connectivity index (χ0) is 16.1. The molecule has 0 amide bonds. The Morgan fingerprint density at radius 2 is 1.87 bits per heavy atom. The molecule has 3 rings (SSSR count). The van der Waals surface area contributed by atoms with Gasteiger partial charge in [-0.3, -0.25) is 0 Å². The number of aliphatic hydroxyl groups is 1. The fraction of sp³-hybridized carbons (Fsp3) is 0.500. The molecule has 3 heteroatoms. The molecular formula is C20H27NO2. The van der Waals surface area contributed by atoms with Gasteiger partial charge < -0.3 is 14.7 Å². The van der Waals surface area contributed by atoms with Gasteiger partial charge in [0.25, 0.3) is 0 Å². The van der Waals surface area contributed by atoms with Crippen molar-refractivity contribution in [3.63, 3.8) is 0 Å². The van der Waals surface area contributed by atoms with Crippen LogP contribution in [0, 0.1) is 0 Å². The van der Waals surface area contributed by atoms with Crippen LogP contribution < -0.4 is 4.74 Å². The van der Waals surface area contributed by atoms with E-state index in [-0.39, 0.29) is 12.5 Å². The minimum atomic E-state index is 0.123. The van der Waals surface area contributed by atoms with Crippen LogP contribution >= 0.6 is 0 Å². The van der Waals surface area contributed by atoms with Crippen molar-refractivity contribution in [2.45, 2.75) is 31.6 Å². The van der Waals surface area contributed by atoms with Gasteiger partial charge in [0.05, 0.1) is 13.7 Å². The van der Waals surface area contributed by atoms with Crippen LogP contribution in [0.1, 0.15) is 37.2 Å². The lowest BCUT2D eigenvalue weighted by atomic mass is 9.90. The van der Waals surface area contributed by atoms with E-state index in [9.17, 15) is 5.11 Å². The summed E-state index contributed by atoms with van der Waals surface area (Å²) in [5, 5.41) is 12.4. The Morgan fingerprint density at radius 1 is 1.09 bits per heavy atom. The third-order valence-corrected chi connectivity index (χ3v) is 5.02. The maximum Gasteiger partial charge on any atom is 0.123 e. The lowest BCUT2D eigenvalue weighted by Gasteiger charge is -2.28. The number of piperidine rings is 1. The average molecular weight is 313 g/mol. The molecule has 2 aromatic carbocycles. The largest absolute Gasteiger partial charge is 0.496 e. The van der Waals surface area contributed by atoms with Gasteiger partial charge in [0, 0.05) is 11.5 Å². The van der Waals surface area contributed by atoms with Crippen LogP contribution in [0.5, 0.6) is 5.75 Å². The number of ether oxygens (including phenoxy) is 1. The molecule has 124 valence electrons. The van der Waals surface area contributed by atoms with Crippen molar-refractivity contribution in [2.24, 2.45) is 0 Å². The standard InChI is InChI=1S/C20H27NO2/c1-23-19-10-9-16-7-3-4-8-18(16)20(19)17(15-22)11-14-21-12-5-2-6-13-21/h3-4,7-10,17,22H,2,5-6,11-15H2,1H3. The zero-order valence-corrected chi connectivity index (χ0v) is 14.0. The van der Waals surface area contributed by atoms with Crippen LogP contribution in [0.25, 0.3) is 10.8 Å². The second kappa shape index (κ2) is 7.80. The molecule has 1 fully saturated rings. The lowest BCUT2D eigenvalue weighted by Crippen LogP contribution is -2.31. The second-order valence-corrected chi connectivity index (χ2v) is 6.47. The molecule has 0 radical (unpaired) electrons. The summed E-state index contributed by atoms with van der Waals surface area (Å²) in [6, 6.07) is 12.5. The number of rotatable bonds is 6. The number of nitrogens with zero attached hydrogens (tertiary/aromatic N) is 1. The van der Waals surface area contributed by atoms with Crippen molar-refractivity contribution in [2.75, 3.05) is 33.4 Å². The summed E-state index contributed by atoms with van der Waals surface area (Å²) in [7, 11) is 1.71. The summed E-state index contributed by atoms with van der Waals surface area (Å²) in [5.74, 6) is 1.01. The number of methoxy groups -OCH3 is 1. The van der Waals surface area contributed by atoms with Gasteiger partial charge in [0.2, 0.25) is 0 Å². The molecule has 0 aromatic heterocycles. The predicted molar refractivity (Wildman–Crippen MR) is 95.2 cm³/mol. The maximum absolute atomic E-state index is 10.0. The van der Waals surface area contributed by atoms with Crippen molar-refractivity contribution in [3.8, 4) is 5.75 Å². The Bertz CT molecular complexity index is 635. The molecule has 1 aliphatic rings. The molecule has 0 bridgehead atoms. The van der Waals surface area contributed by atoms with Crippen LogP contribution in [-0.2, 0) is 0 Å². The fourth-order valence-corrected chi connectivity index (χ4v) is 3.72. The summed E-state index contributed by atoms with van der Waals surface area (Å²) in [4.78, 5) is 2.53. The molecular weight excluding hydrogens is 286 g/mol. The van der Waals surface area contributed by atoms with Gasteiger partial charge >= 0.3 is 0 Å². The SMILES string of the molecule is COc1ccc2ccccc2c1C(CO)CCN1CCCCC1. The summed E-state index contributed by atoms with van der Waals surface area (Å²) in [6.45, 7) is 3.62. The molecule has 1 atom stereocenters. The van der Waals surface area contributed by atoms with Gasteiger partial charge in [0.15, 0.2) is 0 Å². The van der Waals surface area contributed by atoms with Gasteiger partial charge in [-0.1, -0.05) is 36.8 Å². The molecule has 1 N–H and O–H groups in total. The van der Waals surface area contributed by atoms with Gasteiger partial charge in [-0.25, -0.2) is 0 Å². The number of fused-ring (bicyclic) bond motifs is 1. The van der Waals surface area contributed by atoms with E-state index < -0.39 is 0 Å². The number of likely N-dealkylation sites (tertiary alicyclic amines) is 1. The fourth-order valence-electron chi connectivity index (χ4n) is 3.72. The Morgan fingerprint density at radius 3 is 2.61 bits per heavy atom.